The monoisotopic (exact) mass is 280 g/mol. The van der Waals surface area contributed by atoms with Crippen molar-refractivity contribution in [1.29, 1.82) is 0 Å². The Morgan fingerprint density at radius 3 is 2.80 bits per heavy atom. The molecule has 2 N–H and O–H groups in total. The zero-order valence-corrected chi connectivity index (χ0v) is 11.7. The molecular formula is C15H20O5. The molecule has 1 aromatic rings. The zero-order valence-electron chi connectivity index (χ0n) is 11.7. The minimum atomic E-state index is -0.858. The number of benzene rings is 1. The van der Waals surface area contributed by atoms with Gasteiger partial charge in [0.1, 0.15) is 18.0 Å². The molecule has 0 spiro atoms. The van der Waals surface area contributed by atoms with Crippen molar-refractivity contribution >= 4 is 0 Å². The fourth-order valence-corrected chi connectivity index (χ4v) is 2.84. The summed E-state index contributed by atoms with van der Waals surface area (Å²) < 4.78 is 16.2. The summed E-state index contributed by atoms with van der Waals surface area (Å²) in [6, 6.07) is 5.79. The van der Waals surface area contributed by atoms with E-state index in [1.54, 1.807) is 7.11 Å². The molecule has 5 atom stereocenters. The second-order valence-corrected chi connectivity index (χ2v) is 5.43. The van der Waals surface area contributed by atoms with Crippen molar-refractivity contribution in [2.75, 3.05) is 7.11 Å². The van der Waals surface area contributed by atoms with Crippen LogP contribution in [0.2, 0.25) is 0 Å². The van der Waals surface area contributed by atoms with Gasteiger partial charge in [-0.2, -0.15) is 0 Å². The van der Waals surface area contributed by atoms with E-state index in [2.05, 4.69) is 0 Å². The highest BCUT2D eigenvalue weighted by atomic mass is 16.6. The van der Waals surface area contributed by atoms with Crippen LogP contribution in [0.1, 0.15) is 30.6 Å². The molecule has 20 heavy (non-hydrogen) atoms. The first-order chi connectivity index (χ1) is 9.61. The van der Waals surface area contributed by atoms with Crippen molar-refractivity contribution in [3.63, 3.8) is 0 Å². The smallest absolute Gasteiger partial charge is 0.124 e. The number of methoxy groups -OCH3 is 1. The minimum absolute atomic E-state index is 0.0246. The Labute approximate surface area is 118 Å². The average molecular weight is 280 g/mol. The molecule has 5 nitrogen and oxygen atoms in total. The fraction of sp³-hybridized carbons (Fsp3) is 0.600. The molecule has 2 aliphatic rings. The zero-order chi connectivity index (χ0) is 14.3. The van der Waals surface area contributed by atoms with Gasteiger partial charge in [0.15, 0.2) is 0 Å². The van der Waals surface area contributed by atoms with Gasteiger partial charge in [0.25, 0.3) is 0 Å². The van der Waals surface area contributed by atoms with E-state index in [0.717, 1.165) is 16.9 Å². The third-order valence-corrected chi connectivity index (χ3v) is 4.11. The molecular weight excluding hydrogens is 260 g/mol. The van der Waals surface area contributed by atoms with Crippen LogP contribution in [0.5, 0.6) is 5.75 Å². The van der Waals surface area contributed by atoms with Crippen LogP contribution in [0, 0.1) is 0 Å². The van der Waals surface area contributed by atoms with Crippen LogP contribution < -0.4 is 4.74 Å². The average Bonchev–Trinajstić information content (AvgIpc) is 3.04. The summed E-state index contributed by atoms with van der Waals surface area (Å²) in [5, 5.41) is 20.1. The van der Waals surface area contributed by atoms with E-state index in [9.17, 15) is 10.2 Å². The standard InChI is InChI=1S/C15H20O5/c1-8-15(20-8)14(17)11(16)6-13-9-4-3-5-12(18-2)10(9)7-19-13/h3-5,8,11,13-17H,6-7H2,1-2H3. The van der Waals surface area contributed by atoms with E-state index in [-0.39, 0.29) is 18.3 Å². The van der Waals surface area contributed by atoms with E-state index < -0.39 is 12.2 Å². The molecule has 0 bridgehead atoms. The maximum absolute atomic E-state index is 10.1. The summed E-state index contributed by atoms with van der Waals surface area (Å²) in [6.45, 7) is 2.36. The molecule has 2 aliphatic heterocycles. The van der Waals surface area contributed by atoms with Crippen molar-refractivity contribution in [2.45, 2.75) is 50.5 Å². The number of rotatable bonds is 5. The molecule has 0 amide bonds. The Morgan fingerprint density at radius 2 is 2.15 bits per heavy atom. The van der Waals surface area contributed by atoms with Gasteiger partial charge in [0, 0.05) is 12.0 Å². The van der Waals surface area contributed by atoms with E-state index in [0.29, 0.717) is 13.0 Å². The first-order valence-electron chi connectivity index (χ1n) is 6.90. The lowest BCUT2D eigenvalue weighted by atomic mass is 9.97. The second-order valence-electron chi connectivity index (χ2n) is 5.43. The summed E-state index contributed by atoms with van der Waals surface area (Å²) >= 11 is 0. The van der Waals surface area contributed by atoms with Gasteiger partial charge in [-0.15, -0.1) is 0 Å². The van der Waals surface area contributed by atoms with E-state index in [1.165, 1.54) is 0 Å². The third-order valence-electron chi connectivity index (χ3n) is 4.11. The molecule has 0 saturated carbocycles. The van der Waals surface area contributed by atoms with Crippen LogP contribution in [0.3, 0.4) is 0 Å². The largest absolute Gasteiger partial charge is 0.496 e. The first-order valence-corrected chi connectivity index (χ1v) is 6.90. The van der Waals surface area contributed by atoms with Crippen LogP contribution in [0.4, 0.5) is 0 Å². The normalized spacial score (nSPS) is 30.7. The van der Waals surface area contributed by atoms with Crippen LogP contribution in [-0.2, 0) is 16.1 Å². The Balaban J connectivity index is 1.69. The lowest BCUT2D eigenvalue weighted by molar-refractivity contribution is -0.0394. The molecule has 1 aromatic carbocycles. The highest BCUT2D eigenvalue weighted by molar-refractivity contribution is 5.43. The van der Waals surface area contributed by atoms with E-state index in [4.69, 9.17) is 14.2 Å². The number of hydrogen-bond donors (Lipinski definition) is 2. The van der Waals surface area contributed by atoms with E-state index in [1.807, 2.05) is 25.1 Å². The lowest BCUT2D eigenvalue weighted by Gasteiger charge is -2.20. The Kier molecular flexibility index (Phi) is 3.69. The quantitative estimate of drug-likeness (QED) is 0.792. The Hall–Kier alpha value is -1.14. The predicted octanol–water partition coefficient (Wildman–Crippen LogP) is 1.17. The van der Waals surface area contributed by atoms with Crippen molar-refractivity contribution in [3.8, 4) is 5.75 Å². The maximum Gasteiger partial charge on any atom is 0.124 e. The van der Waals surface area contributed by atoms with Crippen molar-refractivity contribution in [2.24, 2.45) is 0 Å². The number of ether oxygens (including phenoxy) is 3. The molecule has 2 heterocycles. The second kappa shape index (κ2) is 5.33. The topological polar surface area (TPSA) is 71.5 Å². The van der Waals surface area contributed by atoms with Crippen molar-refractivity contribution in [1.82, 2.24) is 0 Å². The van der Waals surface area contributed by atoms with Crippen LogP contribution in [0.15, 0.2) is 18.2 Å². The summed E-state index contributed by atoms with van der Waals surface area (Å²) in [6.07, 6.45) is -1.80. The van der Waals surface area contributed by atoms with Gasteiger partial charge in [0.2, 0.25) is 0 Å². The van der Waals surface area contributed by atoms with Crippen molar-refractivity contribution in [3.05, 3.63) is 29.3 Å². The van der Waals surface area contributed by atoms with Gasteiger partial charge in [-0.3, -0.25) is 0 Å². The molecule has 110 valence electrons. The van der Waals surface area contributed by atoms with Crippen LogP contribution >= 0.6 is 0 Å². The molecule has 5 unspecified atom stereocenters. The van der Waals surface area contributed by atoms with Crippen molar-refractivity contribution < 1.29 is 24.4 Å². The van der Waals surface area contributed by atoms with Gasteiger partial charge in [-0.05, 0) is 18.6 Å². The first kappa shape index (κ1) is 13.8. The Bertz CT molecular complexity index is 489. The number of aliphatic hydroxyl groups is 2. The van der Waals surface area contributed by atoms with Gasteiger partial charge in [-0.1, -0.05) is 12.1 Å². The van der Waals surface area contributed by atoms with Gasteiger partial charge < -0.3 is 24.4 Å². The molecule has 3 rings (SSSR count). The number of epoxide rings is 1. The summed E-state index contributed by atoms with van der Waals surface area (Å²) in [4.78, 5) is 0. The third kappa shape index (κ3) is 2.42. The van der Waals surface area contributed by atoms with Gasteiger partial charge in [0.05, 0.1) is 32.0 Å². The van der Waals surface area contributed by atoms with Crippen LogP contribution in [-0.4, -0.2) is 41.7 Å². The van der Waals surface area contributed by atoms with Gasteiger partial charge in [-0.25, -0.2) is 0 Å². The molecule has 0 aromatic heterocycles. The Morgan fingerprint density at radius 1 is 1.40 bits per heavy atom. The predicted molar refractivity (Wildman–Crippen MR) is 71.5 cm³/mol. The van der Waals surface area contributed by atoms with E-state index >= 15 is 0 Å². The number of fused-ring (bicyclic) bond motifs is 1. The van der Waals surface area contributed by atoms with Gasteiger partial charge >= 0.3 is 0 Å². The highest BCUT2D eigenvalue weighted by Gasteiger charge is 2.44. The summed E-state index contributed by atoms with van der Waals surface area (Å²) in [5.41, 5.74) is 2.05. The lowest BCUT2D eigenvalue weighted by Crippen LogP contribution is -2.33. The molecule has 0 aliphatic carbocycles. The number of aliphatic hydroxyl groups excluding tert-OH is 2. The minimum Gasteiger partial charge on any atom is -0.496 e. The highest BCUT2D eigenvalue weighted by Crippen LogP contribution is 2.39. The molecule has 0 radical (unpaired) electrons. The fourth-order valence-electron chi connectivity index (χ4n) is 2.84. The molecule has 1 saturated heterocycles. The molecule has 1 fully saturated rings. The SMILES string of the molecule is COc1cccc2c1COC2CC(O)C(O)C1OC1C. The maximum atomic E-state index is 10.1. The summed E-state index contributed by atoms with van der Waals surface area (Å²) in [5.74, 6) is 0.805. The number of hydrogen-bond acceptors (Lipinski definition) is 5. The van der Waals surface area contributed by atoms with Crippen LogP contribution in [0.25, 0.3) is 0 Å². The molecule has 5 heteroatoms. The summed E-state index contributed by atoms with van der Waals surface area (Å²) in [7, 11) is 1.63.